The van der Waals surface area contributed by atoms with E-state index in [1.165, 1.54) is 11.8 Å². The van der Waals surface area contributed by atoms with Gasteiger partial charge in [0, 0.05) is 44.0 Å². The average Bonchev–Trinajstić information content (AvgIpc) is 2.85. The molecule has 0 atom stereocenters. The van der Waals surface area contributed by atoms with Crippen molar-refractivity contribution in [2.45, 2.75) is 5.16 Å². The van der Waals surface area contributed by atoms with Gasteiger partial charge in [-0.3, -0.25) is 4.79 Å². The predicted octanol–water partition coefficient (Wildman–Crippen LogP) is 3.77. The second-order valence-corrected chi connectivity index (χ2v) is 8.76. The lowest BCUT2D eigenvalue weighted by molar-refractivity contribution is 0.102. The van der Waals surface area contributed by atoms with Crippen LogP contribution in [0.4, 0.5) is 23.0 Å². The Morgan fingerprint density at radius 2 is 1.97 bits per heavy atom. The number of amides is 1. The summed E-state index contributed by atoms with van der Waals surface area (Å²) in [5.41, 5.74) is 1.63. The van der Waals surface area contributed by atoms with Crippen LogP contribution in [-0.4, -0.2) is 60.4 Å². The van der Waals surface area contributed by atoms with Crippen molar-refractivity contribution in [3.8, 4) is 5.75 Å². The molecule has 0 unspecified atom stereocenters. The summed E-state index contributed by atoms with van der Waals surface area (Å²) in [7, 11) is 1.56. The van der Waals surface area contributed by atoms with Gasteiger partial charge in [0.25, 0.3) is 5.91 Å². The van der Waals surface area contributed by atoms with Crippen LogP contribution in [0, 0.1) is 0 Å². The highest BCUT2D eigenvalue weighted by molar-refractivity contribution is 9.10. The first-order chi connectivity index (χ1) is 16.1. The van der Waals surface area contributed by atoms with E-state index in [2.05, 4.69) is 51.7 Å². The number of halogens is 1. The van der Waals surface area contributed by atoms with Crippen LogP contribution in [0.1, 0.15) is 10.5 Å². The minimum atomic E-state index is -0.323. The smallest absolute Gasteiger partial charge is 0.274 e. The van der Waals surface area contributed by atoms with Gasteiger partial charge < -0.3 is 25.6 Å². The second kappa shape index (κ2) is 10.8. The Bertz CT molecular complexity index is 1140. The van der Waals surface area contributed by atoms with Crippen molar-refractivity contribution in [1.82, 2.24) is 20.3 Å². The highest BCUT2D eigenvalue weighted by atomic mass is 79.9. The van der Waals surface area contributed by atoms with Crippen molar-refractivity contribution in [2.75, 3.05) is 55.1 Å². The Labute approximate surface area is 204 Å². The Morgan fingerprint density at radius 1 is 1.15 bits per heavy atom. The third-order valence-electron chi connectivity index (χ3n) is 4.99. The van der Waals surface area contributed by atoms with E-state index in [1.807, 2.05) is 24.5 Å². The molecule has 2 aromatic heterocycles. The maximum absolute atomic E-state index is 12.6. The van der Waals surface area contributed by atoms with Crippen LogP contribution in [0.15, 0.2) is 52.2 Å². The van der Waals surface area contributed by atoms with Crippen LogP contribution in [-0.2, 0) is 0 Å². The lowest BCUT2D eigenvalue weighted by atomic mass is 10.2. The standard InChI is InChI=1S/C22H24BrN7O2S/c1-32-17-12-14(6-7-15(17)27-21(31)16-4-3-5-18(23)26-16)25-19-13-20(29-22(28-19)33-2)30-10-8-24-9-11-30/h3-7,12-13,24H,8-11H2,1-2H3,(H,27,31)(H,25,28,29). The van der Waals surface area contributed by atoms with E-state index < -0.39 is 0 Å². The number of methoxy groups -OCH3 is 1. The summed E-state index contributed by atoms with van der Waals surface area (Å²) in [6.07, 6.45) is 1.96. The number of pyridine rings is 1. The quantitative estimate of drug-likeness (QED) is 0.239. The summed E-state index contributed by atoms with van der Waals surface area (Å²) in [4.78, 5) is 28.3. The van der Waals surface area contributed by atoms with E-state index in [1.54, 1.807) is 31.4 Å². The van der Waals surface area contributed by atoms with E-state index in [-0.39, 0.29) is 5.91 Å². The zero-order valence-electron chi connectivity index (χ0n) is 18.3. The molecule has 1 aliphatic rings. The van der Waals surface area contributed by atoms with Gasteiger partial charge in [-0.1, -0.05) is 17.8 Å². The van der Waals surface area contributed by atoms with Crippen molar-refractivity contribution in [1.29, 1.82) is 0 Å². The molecular formula is C22H24BrN7O2S. The maximum atomic E-state index is 12.6. The molecule has 1 amide bonds. The molecule has 0 aliphatic carbocycles. The Kier molecular flexibility index (Phi) is 7.63. The summed E-state index contributed by atoms with van der Waals surface area (Å²) in [6.45, 7) is 3.67. The van der Waals surface area contributed by atoms with Gasteiger partial charge in [-0.15, -0.1) is 0 Å². The minimum Gasteiger partial charge on any atom is -0.494 e. The van der Waals surface area contributed by atoms with E-state index in [0.717, 1.165) is 37.7 Å². The summed E-state index contributed by atoms with van der Waals surface area (Å²) >= 11 is 4.79. The molecule has 4 rings (SSSR count). The molecule has 172 valence electrons. The molecule has 1 aliphatic heterocycles. The SMILES string of the molecule is COc1cc(Nc2cc(N3CCNCC3)nc(SC)n2)ccc1NC(=O)c1cccc(Br)n1. The number of hydrogen-bond acceptors (Lipinski definition) is 9. The van der Waals surface area contributed by atoms with Gasteiger partial charge in [0.2, 0.25) is 0 Å². The number of carbonyl (C=O) groups excluding carboxylic acids is 1. The van der Waals surface area contributed by atoms with Crippen molar-refractivity contribution < 1.29 is 9.53 Å². The lowest BCUT2D eigenvalue weighted by Crippen LogP contribution is -2.44. The Morgan fingerprint density at radius 3 is 2.70 bits per heavy atom. The number of ether oxygens (including phenoxy) is 1. The van der Waals surface area contributed by atoms with Gasteiger partial charge in [0.15, 0.2) is 5.16 Å². The van der Waals surface area contributed by atoms with Gasteiger partial charge in [0.1, 0.15) is 27.7 Å². The molecule has 3 N–H and O–H groups in total. The number of thioether (sulfide) groups is 1. The van der Waals surface area contributed by atoms with Gasteiger partial charge in [-0.25, -0.2) is 15.0 Å². The zero-order chi connectivity index (χ0) is 23.2. The van der Waals surface area contributed by atoms with Gasteiger partial charge >= 0.3 is 0 Å². The number of carbonyl (C=O) groups is 1. The number of nitrogens with zero attached hydrogens (tertiary/aromatic N) is 4. The minimum absolute atomic E-state index is 0.305. The fraction of sp³-hybridized carbons (Fsp3) is 0.273. The molecular weight excluding hydrogens is 506 g/mol. The maximum Gasteiger partial charge on any atom is 0.274 e. The number of anilines is 4. The predicted molar refractivity (Wildman–Crippen MR) is 135 cm³/mol. The average molecular weight is 530 g/mol. The number of nitrogens with one attached hydrogen (secondary N) is 3. The molecule has 3 aromatic rings. The Hall–Kier alpha value is -2.89. The van der Waals surface area contributed by atoms with E-state index in [9.17, 15) is 4.79 Å². The van der Waals surface area contributed by atoms with Crippen molar-refractivity contribution in [2.24, 2.45) is 0 Å². The zero-order valence-corrected chi connectivity index (χ0v) is 20.7. The largest absolute Gasteiger partial charge is 0.494 e. The van der Waals surface area contributed by atoms with E-state index >= 15 is 0 Å². The van der Waals surface area contributed by atoms with Crippen molar-refractivity contribution in [3.05, 3.63) is 52.8 Å². The van der Waals surface area contributed by atoms with Crippen LogP contribution in [0.3, 0.4) is 0 Å². The van der Waals surface area contributed by atoms with E-state index in [0.29, 0.717) is 32.7 Å². The molecule has 1 aromatic carbocycles. The van der Waals surface area contributed by atoms with Crippen molar-refractivity contribution >= 4 is 56.6 Å². The summed E-state index contributed by atoms with van der Waals surface area (Å²) in [5.74, 6) is 1.79. The summed E-state index contributed by atoms with van der Waals surface area (Å²) < 4.78 is 6.11. The first-order valence-electron chi connectivity index (χ1n) is 10.3. The molecule has 0 bridgehead atoms. The molecule has 0 saturated carbocycles. The normalized spacial score (nSPS) is 13.5. The molecule has 0 spiro atoms. The molecule has 33 heavy (non-hydrogen) atoms. The lowest BCUT2D eigenvalue weighted by Gasteiger charge is -2.28. The molecule has 0 radical (unpaired) electrons. The molecule has 1 saturated heterocycles. The third-order valence-corrected chi connectivity index (χ3v) is 5.97. The van der Waals surface area contributed by atoms with Crippen molar-refractivity contribution in [3.63, 3.8) is 0 Å². The highest BCUT2D eigenvalue weighted by Crippen LogP contribution is 2.31. The van der Waals surface area contributed by atoms with Crippen LogP contribution >= 0.6 is 27.7 Å². The summed E-state index contributed by atoms with van der Waals surface area (Å²) in [5, 5.41) is 10.2. The number of benzene rings is 1. The van der Waals surface area contributed by atoms with Crippen LogP contribution in [0.25, 0.3) is 0 Å². The number of aromatic nitrogens is 3. The second-order valence-electron chi connectivity index (χ2n) is 7.17. The first kappa shape index (κ1) is 23.3. The number of piperazine rings is 1. The number of hydrogen-bond donors (Lipinski definition) is 3. The third kappa shape index (κ3) is 5.92. The molecule has 11 heteroatoms. The van der Waals surface area contributed by atoms with Crippen LogP contribution < -0.4 is 25.6 Å². The van der Waals surface area contributed by atoms with Crippen LogP contribution in [0.2, 0.25) is 0 Å². The Balaban J connectivity index is 1.53. The van der Waals surface area contributed by atoms with E-state index in [4.69, 9.17) is 4.74 Å². The molecule has 3 heterocycles. The van der Waals surface area contributed by atoms with Gasteiger partial charge in [-0.2, -0.15) is 0 Å². The fourth-order valence-corrected chi connectivity index (χ4v) is 4.08. The monoisotopic (exact) mass is 529 g/mol. The van der Waals surface area contributed by atoms with Gasteiger partial charge in [0.05, 0.1) is 12.8 Å². The fourth-order valence-electron chi connectivity index (χ4n) is 3.37. The van der Waals surface area contributed by atoms with Gasteiger partial charge in [-0.05, 0) is 46.5 Å². The highest BCUT2D eigenvalue weighted by Gasteiger charge is 2.16. The molecule has 9 nitrogen and oxygen atoms in total. The molecule has 1 fully saturated rings. The first-order valence-corrected chi connectivity index (χ1v) is 12.3. The summed E-state index contributed by atoms with van der Waals surface area (Å²) in [6, 6.07) is 12.6. The topological polar surface area (TPSA) is 104 Å². The number of rotatable bonds is 7. The van der Waals surface area contributed by atoms with Crippen LogP contribution in [0.5, 0.6) is 5.75 Å².